The van der Waals surface area contributed by atoms with Gasteiger partial charge in [0.25, 0.3) is 0 Å². The minimum Gasteiger partial charge on any atom is -0.493 e. The van der Waals surface area contributed by atoms with Crippen LogP contribution in [0.15, 0.2) is 24.9 Å². The summed E-state index contributed by atoms with van der Waals surface area (Å²) in [6, 6.07) is -0.288. The van der Waals surface area contributed by atoms with Gasteiger partial charge in [-0.2, -0.15) is 0 Å². The number of carbonyl (C=O) groups is 1. The SMILES string of the molecule is C=C(OC(C)CC)[C@H](Cc1cnc[nH]1)NC(=O)CCN. The second-order valence-electron chi connectivity index (χ2n) is 4.74. The molecule has 1 unspecified atom stereocenters. The number of aromatic amines is 1. The predicted octanol–water partition coefficient (Wildman–Crippen LogP) is 1.11. The molecule has 20 heavy (non-hydrogen) atoms. The molecule has 4 N–H and O–H groups in total. The fraction of sp³-hybridized carbons (Fsp3) is 0.571. The molecule has 6 nitrogen and oxygen atoms in total. The summed E-state index contributed by atoms with van der Waals surface area (Å²) in [4.78, 5) is 18.7. The summed E-state index contributed by atoms with van der Waals surface area (Å²) in [6.45, 7) is 8.26. The molecule has 0 aliphatic rings. The second kappa shape index (κ2) is 8.37. The molecular formula is C14H24N4O2. The van der Waals surface area contributed by atoms with Crippen LogP contribution in [0.3, 0.4) is 0 Å². The fourth-order valence-electron chi connectivity index (χ4n) is 1.68. The number of nitrogens with zero attached hydrogens (tertiary/aromatic N) is 1. The third-order valence-electron chi connectivity index (χ3n) is 3.00. The number of aromatic nitrogens is 2. The quantitative estimate of drug-likeness (QED) is 0.591. The minimum absolute atomic E-state index is 0.0678. The highest BCUT2D eigenvalue weighted by Gasteiger charge is 2.19. The Balaban J connectivity index is 2.67. The number of nitrogens with two attached hydrogens (primary N) is 1. The molecule has 0 bridgehead atoms. The van der Waals surface area contributed by atoms with Crippen LogP contribution in [0.25, 0.3) is 0 Å². The first-order chi connectivity index (χ1) is 9.56. The molecule has 1 aromatic heterocycles. The second-order valence-corrected chi connectivity index (χ2v) is 4.74. The molecule has 0 aromatic carbocycles. The van der Waals surface area contributed by atoms with Crippen LogP contribution in [0.4, 0.5) is 0 Å². The molecule has 0 radical (unpaired) electrons. The molecular weight excluding hydrogens is 256 g/mol. The molecule has 6 heteroatoms. The highest BCUT2D eigenvalue weighted by molar-refractivity contribution is 5.76. The topological polar surface area (TPSA) is 93.0 Å². The number of hydrogen-bond acceptors (Lipinski definition) is 4. The zero-order valence-electron chi connectivity index (χ0n) is 12.2. The number of carbonyl (C=O) groups excluding carboxylic acids is 1. The van der Waals surface area contributed by atoms with Crippen molar-refractivity contribution in [1.82, 2.24) is 15.3 Å². The molecule has 0 aliphatic heterocycles. The van der Waals surface area contributed by atoms with E-state index in [1.165, 1.54) is 0 Å². The van der Waals surface area contributed by atoms with Gasteiger partial charge in [0.1, 0.15) is 5.76 Å². The number of amides is 1. The minimum atomic E-state index is -0.288. The van der Waals surface area contributed by atoms with E-state index in [0.717, 1.165) is 12.1 Å². The first-order valence-corrected chi connectivity index (χ1v) is 6.88. The van der Waals surface area contributed by atoms with Gasteiger partial charge >= 0.3 is 0 Å². The van der Waals surface area contributed by atoms with Gasteiger partial charge in [-0.25, -0.2) is 4.98 Å². The van der Waals surface area contributed by atoms with E-state index in [9.17, 15) is 4.79 Å². The van der Waals surface area contributed by atoms with Crippen LogP contribution in [0, 0.1) is 0 Å². The van der Waals surface area contributed by atoms with Crippen molar-refractivity contribution in [3.05, 3.63) is 30.6 Å². The predicted molar refractivity (Wildman–Crippen MR) is 77.9 cm³/mol. The van der Waals surface area contributed by atoms with Gasteiger partial charge in [0.2, 0.25) is 5.91 Å². The fourth-order valence-corrected chi connectivity index (χ4v) is 1.68. The van der Waals surface area contributed by atoms with Crippen molar-refractivity contribution >= 4 is 5.91 Å². The van der Waals surface area contributed by atoms with E-state index >= 15 is 0 Å². The van der Waals surface area contributed by atoms with Crippen molar-refractivity contribution in [2.45, 2.75) is 45.3 Å². The van der Waals surface area contributed by atoms with E-state index in [-0.39, 0.29) is 24.5 Å². The standard InChI is InChI=1S/C14H24N4O2/c1-4-10(2)20-11(3)13(18-14(19)5-6-15)7-12-8-16-9-17-12/h8-10,13H,3-7,15H2,1-2H3,(H,16,17)(H,18,19)/t10?,13-/m0/s1. The van der Waals surface area contributed by atoms with Crippen molar-refractivity contribution in [3.8, 4) is 0 Å². The molecule has 0 saturated carbocycles. The Morgan fingerprint density at radius 3 is 2.95 bits per heavy atom. The van der Waals surface area contributed by atoms with Crippen molar-refractivity contribution in [3.63, 3.8) is 0 Å². The monoisotopic (exact) mass is 280 g/mol. The molecule has 1 heterocycles. The van der Waals surface area contributed by atoms with E-state index in [4.69, 9.17) is 10.5 Å². The third-order valence-corrected chi connectivity index (χ3v) is 3.00. The van der Waals surface area contributed by atoms with Crippen LogP contribution < -0.4 is 11.1 Å². The van der Waals surface area contributed by atoms with Gasteiger partial charge in [0, 0.05) is 31.3 Å². The summed E-state index contributed by atoms with van der Waals surface area (Å²) in [7, 11) is 0. The Hall–Kier alpha value is -1.82. The van der Waals surface area contributed by atoms with Crippen LogP contribution in [-0.4, -0.2) is 34.6 Å². The Bertz CT molecular complexity index is 417. The summed E-state index contributed by atoms with van der Waals surface area (Å²) >= 11 is 0. The Morgan fingerprint density at radius 2 is 2.40 bits per heavy atom. The first kappa shape index (κ1) is 16.2. The Labute approximate surface area is 119 Å². The van der Waals surface area contributed by atoms with Crippen molar-refractivity contribution in [2.75, 3.05) is 6.54 Å². The smallest absolute Gasteiger partial charge is 0.221 e. The maximum atomic E-state index is 11.7. The van der Waals surface area contributed by atoms with Crippen molar-refractivity contribution in [1.29, 1.82) is 0 Å². The van der Waals surface area contributed by atoms with E-state index in [2.05, 4.69) is 21.9 Å². The van der Waals surface area contributed by atoms with Gasteiger partial charge in [-0.15, -0.1) is 0 Å². The molecule has 1 aromatic rings. The Morgan fingerprint density at radius 1 is 1.65 bits per heavy atom. The summed E-state index contributed by atoms with van der Waals surface area (Å²) in [5, 5.41) is 2.89. The number of hydrogen-bond donors (Lipinski definition) is 3. The van der Waals surface area contributed by atoms with Gasteiger partial charge in [-0.3, -0.25) is 4.79 Å². The molecule has 2 atom stereocenters. The van der Waals surface area contributed by atoms with E-state index < -0.39 is 0 Å². The van der Waals surface area contributed by atoms with Crippen molar-refractivity contribution in [2.24, 2.45) is 5.73 Å². The van der Waals surface area contributed by atoms with E-state index in [1.807, 2.05) is 13.8 Å². The highest BCUT2D eigenvalue weighted by atomic mass is 16.5. The largest absolute Gasteiger partial charge is 0.493 e. The lowest BCUT2D eigenvalue weighted by Crippen LogP contribution is -2.39. The summed E-state index contributed by atoms with van der Waals surface area (Å²) < 4.78 is 5.71. The number of rotatable bonds is 9. The maximum absolute atomic E-state index is 11.7. The maximum Gasteiger partial charge on any atom is 0.221 e. The molecule has 0 fully saturated rings. The lowest BCUT2D eigenvalue weighted by Gasteiger charge is -2.23. The zero-order valence-corrected chi connectivity index (χ0v) is 12.2. The molecule has 1 amide bonds. The van der Waals surface area contributed by atoms with E-state index in [1.54, 1.807) is 12.5 Å². The summed E-state index contributed by atoms with van der Waals surface area (Å²) in [6.07, 6.45) is 5.12. The highest BCUT2D eigenvalue weighted by Crippen LogP contribution is 2.12. The van der Waals surface area contributed by atoms with Gasteiger partial charge in [-0.1, -0.05) is 13.5 Å². The van der Waals surface area contributed by atoms with Crippen LogP contribution in [0.5, 0.6) is 0 Å². The van der Waals surface area contributed by atoms with Gasteiger partial charge < -0.3 is 20.8 Å². The average Bonchev–Trinajstić information content (AvgIpc) is 2.91. The third kappa shape index (κ3) is 5.44. The van der Waals surface area contributed by atoms with E-state index in [0.29, 0.717) is 18.7 Å². The Kier molecular flexibility index (Phi) is 6.79. The first-order valence-electron chi connectivity index (χ1n) is 6.88. The molecule has 1 rings (SSSR count). The van der Waals surface area contributed by atoms with Crippen molar-refractivity contribution < 1.29 is 9.53 Å². The molecule has 0 spiro atoms. The molecule has 0 aliphatic carbocycles. The van der Waals surface area contributed by atoms with Crippen LogP contribution in [-0.2, 0) is 16.0 Å². The lowest BCUT2D eigenvalue weighted by atomic mass is 10.1. The van der Waals surface area contributed by atoms with Gasteiger partial charge in [-0.05, 0) is 13.3 Å². The van der Waals surface area contributed by atoms with Gasteiger partial charge in [0.15, 0.2) is 0 Å². The van der Waals surface area contributed by atoms with Crippen LogP contribution >= 0.6 is 0 Å². The normalized spacial score (nSPS) is 13.6. The molecule has 112 valence electrons. The number of imidazole rings is 1. The van der Waals surface area contributed by atoms with Crippen LogP contribution in [0.2, 0.25) is 0 Å². The molecule has 0 saturated heterocycles. The van der Waals surface area contributed by atoms with Gasteiger partial charge in [0.05, 0.1) is 18.5 Å². The number of nitrogens with one attached hydrogen (secondary N) is 2. The zero-order chi connectivity index (χ0) is 15.0. The number of H-pyrrole nitrogens is 1. The average molecular weight is 280 g/mol. The summed E-state index contributed by atoms with van der Waals surface area (Å²) in [5.74, 6) is 0.449. The van der Waals surface area contributed by atoms with Crippen LogP contribution in [0.1, 0.15) is 32.4 Å². The lowest BCUT2D eigenvalue weighted by molar-refractivity contribution is -0.121. The number of ether oxygens (including phenoxy) is 1. The summed E-state index contributed by atoms with van der Waals surface area (Å²) in [5.41, 5.74) is 6.30.